The van der Waals surface area contributed by atoms with Crippen LogP contribution in [0.2, 0.25) is 0 Å². The molecule has 0 aliphatic rings. The standard InChI is InChI=1S/C19H19F3N2O2/c1-12(2)10-23-18(25)16-9-17-15(6-7-26-17)24(16)11-13-4-3-5-14(8-13)19(20,21)22/h3-9,12H,10-11H2,1-2H3,(H,23,25). The summed E-state index contributed by atoms with van der Waals surface area (Å²) in [4.78, 5) is 12.5. The van der Waals surface area contributed by atoms with Crippen molar-refractivity contribution < 1.29 is 22.4 Å². The van der Waals surface area contributed by atoms with Crippen LogP contribution >= 0.6 is 0 Å². The number of hydrogen-bond donors (Lipinski definition) is 1. The molecule has 26 heavy (non-hydrogen) atoms. The molecule has 0 saturated heterocycles. The van der Waals surface area contributed by atoms with Crippen LogP contribution in [-0.4, -0.2) is 17.0 Å². The minimum Gasteiger partial charge on any atom is -0.463 e. The lowest BCUT2D eigenvalue weighted by molar-refractivity contribution is -0.137. The molecule has 0 spiro atoms. The van der Waals surface area contributed by atoms with Crippen molar-refractivity contribution in [3.8, 4) is 0 Å². The SMILES string of the molecule is CC(C)CNC(=O)c1cc2occc2n1Cc1cccc(C(F)(F)F)c1. The van der Waals surface area contributed by atoms with Crippen LogP contribution in [0.3, 0.4) is 0 Å². The van der Waals surface area contributed by atoms with Gasteiger partial charge in [-0.05, 0) is 23.6 Å². The van der Waals surface area contributed by atoms with Crippen LogP contribution in [0.15, 0.2) is 47.1 Å². The highest BCUT2D eigenvalue weighted by Crippen LogP contribution is 2.30. The predicted molar refractivity (Wildman–Crippen MR) is 91.9 cm³/mol. The van der Waals surface area contributed by atoms with Gasteiger partial charge in [0.2, 0.25) is 0 Å². The highest BCUT2D eigenvalue weighted by molar-refractivity contribution is 5.97. The molecule has 0 aliphatic heterocycles. The van der Waals surface area contributed by atoms with Crippen LogP contribution in [0.4, 0.5) is 13.2 Å². The van der Waals surface area contributed by atoms with Gasteiger partial charge in [-0.3, -0.25) is 4.79 Å². The number of carbonyl (C=O) groups is 1. The molecule has 3 aromatic rings. The number of alkyl halides is 3. The van der Waals surface area contributed by atoms with Crippen molar-refractivity contribution in [2.45, 2.75) is 26.6 Å². The van der Waals surface area contributed by atoms with Crippen molar-refractivity contribution in [3.63, 3.8) is 0 Å². The molecule has 1 aromatic carbocycles. The molecule has 2 aromatic heterocycles. The number of fused-ring (bicyclic) bond motifs is 1. The Morgan fingerprint density at radius 2 is 2.00 bits per heavy atom. The molecule has 1 amide bonds. The first-order valence-corrected chi connectivity index (χ1v) is 8.27. The number of amides is 1. The molecule has 1 N–H and O–H groups in total. The van der Waals surface area contributed by atoms with Crippen molar-refractivity contribution in [1.29, 1.82) is 0 Å². The topological polar surface area (TPSA) is 47.2 Å². The summed E-state index contributed by atoms with van der Waals surface area (Å²) in [7, 11) is 0. The van der Waals surface area contributed by atoms with E-state index in [1.807, 2.05) is 13.8 Å². The van der Waals surface area contributed by atoms with Gasteiger partial charge in [-0.2, -0.15) is 13.2 Å². The van der Waals surface area contributed by atoms with Gasteiger partial charge in [-0.1, -0.05) is 26.0 Å². The summed E-state index contributed by atoms with van der Waals surface area (Å²) in [6.07, 6.45) is -2.92. The summed E-state index contributed by atoms with van der Waals surface area (Å²) in [6, 6.07) is 8.41. The second-order valence-electron chi connectivity index (χ2n) is 6.59. The summed E-state index contributed by atoms with van der Waals surface area (Å²) in [5.74, 6) is 0.00546. The van der Waals surface area contributed by atoms with E-state index in [-0.39, 0.29) is 18.4 Å². The van der Waals surface area contributed by atoms with E-state index >= 15 is 0 Å². The number of hydrogen-bond acceptors (Lipinski definition) is 2. The first kappa shape index (κ1) is 18.1. The number of carbonyl (C=O) groups excluding carboxylic acids is 1. The molecule has 0 fully saturated rings. The summed E-state index contributed by atoms with van der Waals surface area (Å²) in [6.45, 7) is 4.61. The summed E-state index contributed by atoms with van der Waals surface area (Å²) in [5, 5.41) is 2.83. The minimum atomic E-state index is -4.41. The maximum absolute atomic E-state index is 12.9. The molecule has 2 heterocycles. The smallest absolute Gasteiger partial charge is 0.416 e. The molecule has 0 unspecified atom stereocenters. The largest absolute Gasteiger partial charge is 0.463 e. The Kier molecular flexibility index (Phi) is 4.80. The first-order valence-electron chi connectivity index (χ1n) is 8.27. The number of furan rings is 1. The molecule has 3 rings (SSSR count). The zero-order valence-corrected chi connectivity index (χ0v) is 14.4. The lowest BCUT2D eigenvalue weighted by Crippen LogP contribution is -2.29. The lowest BCUT2D eigenvalue weighted by atomic mass is 10.1. The van der Waals surface area contributed by atoms with Gasteiger partial charge in [0.05, 0.1) is 17.3 Å². The molecule has 0 aliphatic carbocycles. The molecule has 0 radical (unpaired) electrons. The van der Waals surface area contributed by atoms with E-state index in [9.17, 15) is 18.0 Å². The van der Waals surface area contributed by atoms with Crippen molar-refractivity contribution in [2.75, 3.05) is 6.54 Å². The summed E-state index contributed by atoms with van der Waals surface area (Å²) in [5.41, 5.74) is 1.29. The normalized spacial score (nSPS) is 12.1. The molecule has 7 heteroatoms. The monoisotopic (exact) mass is 364 g/mol. The molecule has 4 nitrogen and oxygen atoms in total. The minimum absolute atomic E-state index is 0.136. The molecular formula is C19H19F3N2O2. The Morgan fingerprint density at radius 3 is 2.69 bits per heavy atom. The zero-order valence-electron chi connectivity index (χ0n) is 14.4. The van der Waals surface area contributed by atoms with Crippen LogP contribution in [0.1, 0.15) is 35.5 Å². The van der Waals surface area contributed by atoms with Gasteiger partial charge < -0.3 is 14.3 Å². The average molecular weight is 364 g/mol. The Hall–Kier alpha value is -2.70. The van der Waals surface area contributed by atoms with E-state index in [1.165, 1.54) is 12.3 Å². The van der Waals surface area contributed by atoms with Crippen molar-refractivity contribution >= 4 is 17.0 Å². The molecule has 0 saturated carbocycles. The third-order valence-corrected chi connectivity index (χ3v) is 4.02. The molecular weight excluding hydrogens is 345 g/mol. The van der Waals surface area contributed by atoms with Crippen molar-refractivity contribution in [2.24, 2.45) is 5.92 Å². The first-order chi connectivity index (χ1) is 12.3. The Labute approximate surface area is 148 Å². The molecule has 0 bridgehead atoms. The second-order valence-corrected chi connectivity index (χ2v) is 6.59. The van der Waals surface area contributed by atoms with E-state index in [0.717, 1.165) is 12.1 Å². The van der Waals surface area contributed by atoms with Crippen LogP contribution < -0.4 is 5.32 Å². The van der Waals surface area contributed by atoms with E-state index in [0.29, 0.717) is 28.9 Å². The predicted octanol–water partition coefficient (Wildman–Crippen LogP) is 4.69. The van der Waals surface area contributed by atoms with E-state index < -0.39 is 11.7 Å². The van der Waals surface area contributed by atoms with Gasteiger partial charge in [0.1, 0.15) is 5.69 Å². The third-order valence-electron chi connectivity index (χ3n) is 4.02. The van der Waals surface area contributed by atoms with Gasteiger partial charge in [0.15, 0.2) is 5.58 Å². The zero-order chi connectivity index (χ0) is 18.9. The average Bonchev–Trinajstić information content (AvgIpc) is 3.15. The highest BCUT2D eigenvalue weighted by Gasteiger charge is 2.30. The van der Waals surface area contributed by atoms with Crippen molar-refractivity contribution in [3.05, 3.63) is 59.5 Å². The van der Waals surface area contributed by atoms with E-state index in [1.54, 1.807) is 22.8 Å². The maximum atomic E-state index is 12.9. The van der Waals surface area contributed by atoms with E-state index in [4.69, 9.17) is 4.42 Å². The Bertz CT molecular complexity index is 922. The van der Waals surface area contributed by atoms with Crippen LogP contribution in [-0.2, 0) is 12.7 Å². The highest BCUT2D eigenvalue weighted by atomic mass is 19.4. The van der Waals surface area contributed by atoms with Gasteiger partial charge in [-0.15, -0.1) is 0 Å². The quantitative estimate of drug-likeness (QED) is 0.714. The molecule has 138 valence electrons. The molecule has 0 atom stereocenters. The van der Waals surface area contributed by atoms with Crippen molar-refractivity contribution in [1.82, 2.24) is 9.88 Å². The fraction of sp³-hybridized carbons (Fsp3) is 0.316. The summed E-state index contributed by atoms with van der Waals surface area (Å²) >= 11 is 0. The summed E-state index contributed by atoms with van der Waals surface area (Å²) < 4.78 is 45.9. The number of rotatable bonds is 5. The second kappa shape index (κ2) is 6.90. The Morgan fingerprint density at radius 1 is 1.23 bits per heavy atom. The number of nitrogens with one attached hydrogen (secondary N) is 1. The fourth-order valence-electron chi connectivity index (χ4n) is 2.75. The van der Waals surface area contributed by atoms with Gasteiger partial charge in [-0.25, -0.2) is 0 Å². The number of benzene rings is 1. The fourth-order valence-corrected chi connectivity index (χ4v) is 2.75. The number of halogens is 3. The third kappa shape index (κ3) is 3.76. The lowest BCUT2D eigenvalue weighted by Gasteiger charge is -2.13. The Balaban J connectivity index is 1.95. The van der Waals surface area contributed by atoms with Gasteiger partial charge in [0.25, 0.3) is 5.91 Å². The van der Waals surface area contributed by atoms with Crippen LogP contribution in [0.5, 0.6) is 0 Å². The van der Waals surface area contributed by atoms with Crippen LogP contribution in [0.25, 0.3) is 11.1 Å². The van der Waals surface area contributed by atoms with Crippen LogP contribution in [0, 0.1) is 5.92 Å². The number of aromatic nitrogens is 1. The number of nitrogens with zero attached hydrogens (tertiary/aromatic N) is 1. The van der Waals surface area contributed by atoms with Gasteiger partial charge in [0, 0.05) is 25.2 Å². The van der Waals surface area contributed by atoms with Gasteiger partial charge >= 0.3 is 6.18 Å². The van der Waals surface area contributed by atoms with E-state index in [2.05, 4.69) is 5.32 Å². The maximum Gasteiger partial charge on any atom is 0.416 e.